The first kappa shape index (κ1) is 15.3. The Balaban J connectivity index is 2.31. The molecule has 0 aromatic heterocycles. The SMILES string of the molecule is O=C(O)C1CCN(S(=O)(=O)c2ccc([N+](=O)[O-])c(F)c2)C1. The van der Waals surface area contributed by atoms with Crippen LogP contribution in [-0.4, -0.2) is 41.8 Å². The largest absolute Gasteiger partial charge is 0.481 e. The van der Waals surface area contributed by atoms with Crippen LogP contribution in [-0.2, 0) is 14.8 Å². The molecule has 0 amide bonds. The minimum absolute atomic E-state index is 0.0118. The zero-order valence-electron chi connectivity index (χ0n) is 10.6. The van der Waals surface area contributed by atoms with Crippen molar-refractivity contribution < 1.29 is 27.6 Å². The van der Waals surface area contributed by atoms with Gasteiger partial charge in [-0.3, -0.25) is 14.9 Å². The van der Waals surface area contributed by atoms with Gasteiger partial charge in [-0.25, -0.2) is 8.42 Å². The Kier molecular flexibility index (Phi) is 3.92. The molecule has 1 N–H and O–H groups in total. The maximum absolute atomic E-state index is 13.5. The third kappa shape index (κ3) is 2.85. The van der Waals surface area contributed by atoms with Crippen LogP contribution in [0.5, 0.6) is 0 Å². The summed E-state index contributed by atoms with van der Waals surface area (Å²) < 4.78 is 38.9. The third-order valence-electron chi connectivity index (χ3n) is 3.25. The van der Waals surface area contributed by atoms with Crippen LogP contribution < -0.4 is 0 Å². The number of rotatable bonds is 4. The number of benzene rings is 1. The molecule has 114 valence electrons. The van der Waals surface area contributed by atoms with Gasteiger partial charge in [-0.2, -0.15) is 8.70 Å². The number of carbonyl (C=O) groups is 1. The van der Waals surface area contributed by atoms with Crippen LogP contribution in [0.4, 0.5) is 10.1 Å². The fraction of sp³-hybridized carbons (Fsp3) is 0.364. The van der Waals surface area contributed by atoms with Crippen molar-refractivity contribution in [3.8, 4) is 0 Å². The quantitative estimate of drug-likeness (QED) is 0.649. The maximum atomic E-state index is 13.5. The summed E-state index contributed by atoms with van der Waals surface area (Å²) in [4.78, 5) is 19.9. The Morgan fingerprint density at radius 1 is 1.48 bits per heavy atom. The molecule has 1 heterocycles. The highest BCUT2D eigenvalue weighted by Crippen LogP contribution is 2.27. The van der Waals surface area contributed by atoms with Gasteiger partial charge in [0, 0.05) is 25.2 Å². The second-order valence-electron chi connectivity index (χ2n) is 4.56. The Morgan fingerprint density at radius 3 is 2.62 bits per heavy atom. The summed E-state index contributed by atoms with van der Waals surface area (Å²) in [7, 11) is -4.06. The number of carboxylic acids is 1. The van der Waals surface area contributed by atoms with Crippen LogP contribution in [0.15, 0.2) is 23.1 Å². The molecule has 1 aliphatic heterocycles. The average Bonchev–Trinajstić information content (AvgIpc) is 2.88. The molecule has 2 rings (SSSR count). The van der Waals surface area contributed by atoms with E-state index >= 15 is 0 Å². The summed E-state index contributed by atoms with van der Waals surface area (Å²) in [6, 6.07) is 2.28. The highest BCUT2D eigenvalue weighted by atomic mass is 32.2. The van der Waals surface area contributed by atoms with E-state index < -0.39 is 43.2 Å². The monoisotopic (exact) mass is 318 g/mol. The lowest BCUT2D eigenvalue weighted by molar-refractivity contribution is -0.387. The molecule has 8 nitrogen and oxygen atoms in total. The Bertz CT molecular complexity index is 705. The van der Waals surface area contributed by atoms with Gasteiger partial charge in [-0.15, -0.1) is 0 Å². The number of nitrogens with zero attached hydrogens (tertiary/aromatic N) is 2. The molecule has 0 spiro atoms. The number of sulfonamides is 1. The van der Waals surface area contributed by atoms with Crippen LogP contribution in [0.25, 0.3) is 0 Å². The van der Waals surface area contributed by atoms with Gasteiger partial charge in [0.1, 0.15) is 0 Å². The van der Waals surface area contributed by atoms with Crippen LogP contribution in [0.1, 0.15) is 6.42 Å². The second-order valence-corrected chi connectivity index (χ2v) is 6.50. The molecule has 1 unspecified atom stereocenters. The van der Waals surface area contributed by atoms with Gasteiger partial charge < -0.3 is 5.11 Å². The van der Waals surface area contributed by atoms with E-state index in [4.69, 9.17) is 5.11 Å². The summed E-state index contributed by atoms with van der Waals surface area (Å²) in [5.41, 5.74) is -0.821. The zero-order valence-corrected chi connectivity index (χ0v) is 11.4. The summed E-state index contributed by atoms with van der Waals surface area (Å²) >= 11 is 0. The molecule has 0 aliphatic carbocycles. The normalized spacial score (nSPS) is 19.6. The molecule has 1 saturated heterocycles. The van der Waals surface area contributed by atoms with Gasteiger partial charge in [0.05, 0.1) is 15.7 Å². The van der Waals surface area contributed by atoms with Crippen molar-refractivity contribution >= 4 is 21.7 Å². The molecular weight excluding hydrogens is 307 g/mol. The second kappa shape index (κ2) is 5.37. The minimum atomic E-state index is -4.06. The first-order chi connectivity index (χ1) is 9.73. The molecule has 0 saturated carbocycles. The standard InChI is InChI=1S/C11H11FN2O6S/c12-9-5-8(1-2-10(9)14(17)18)21(19,20)13-4-3-7(6-13)11(15)16/h1-2,5,7H,3-4,6H2,(H,15,16). The van der Waals surface area contributed by atoms with Gasteiger partial charge in [0.2, 0.25) is 15.8 Å². The van der Waals surface area contributed by atoms with Gasteiger partial charge in [-0.1, -0.05) is 0 Å². The highest BCUT2D eigenvalue weighted by molar-refractivity contribution is 7.89. The van der Waals surface area contributed by atoms with Crippen molar-refractivity contribution in [2.45, 2.75) is 11.3 Å². The Labute approximate surface area is 119 Å². The van der Waals surface area contributed by atoms with E-state index in [1.165, 1.54) is 0 Å². The first-order valence-corrected chi connectivity index (χ1v) is 7.34. The van der Waals surface area contributed by atoms with Gasteiger partial charge in [0.15, 0.2) is 0 Å². The van der Waals surface area contributed by atoms with Crippen molar-refractivity contribution in [3.05, 3.63) is 34.1 Å². The molecule has 1 aromatic carbocycles. The van der Waals surface area contributed by atoms with Gasteiger partial charge in [-0.05, 0) is 12.5 Å². The molecule has 0 radical (unpaired) electrons. The van der Waals surface area contributed by atoms with E-state index in [1.54, 1.807) is 0 Å². The lowest BCUT2D eigenvalue weighted by Crippen LogP contribution is -2.30. The van der Waals surface area contributed by atoms with E-state index in [0.717, 1.165) is 16.4 Å². The summed E-state index contributed by atoms with van der Waals surface area (Å²) in [5, 5.41) is 19.3. The van der Waals surface area contributed by atoms with Crippen molar-refractivity contribution in [3.63, 3.8) is 0 Å². The molecule has 0 bridgehead atoms. The molecule has 21 heavy (non-hydrogen) atoms. The Hall–Kier alpha value is -2.07. The smallest absolute Gasteiger partial charge is 0.307 e. The molecular formula is C11H11FN2O6S. The Morgan fingerprint density at radius 2 is 2.14 bits per heavy atom. The highest BCUT2D eigenvalue weighted by Gasteiger charge is 2.36. The van der Waals surface area contributed by atoms with E-state index in [1.807, 2.05) is 0 Å². The summed E-state index contributed by atoms with van der Waals surface area (Å²) in [6.45, 7) is -0.186. The molecule has 10 heteroatoms. The van der Waals surface area contributed by atoms with E-state index in [0.29, 0.717) is 6.07 Å². The number of halogens is 1. The van der Waals surface area contributed by atoms with Crippen LogP contribution >= 0.6 is 0 Å². The van der Waals surface area contributed by atoms with Crippen molar-refractivity contribution in [2.24, 2.45) is 5.92 Å². The van der Waals surface area contributed by atoms with Crippen molar-refractivity contribution in [1.29, 1.82) is 0 Å². The minimum Gasteiger partial charge on any atom is -0.481 e. The topological polar surface area (TPSA) is 118 Å². The van der Waals surface area contributed by atoms with Crippen LogP contribution in [0, 0.1) is 21.8 Å². The predicted molar refractivity (Wildman–Crippen MR) is 67.6 cm³/mol. The van der Waals surface area contributed by atoms with Gasteiger partial charge >= 0.3 is 11.7 Å². The number of nitro benzene ring substituents is 1. The number of aliphatic carboxylic acids is 1. The number of nitro groups is 1. The molecule has 1 aromatic rings. The molecule has 1 fully saturated rings. The molecule has 1 atom stereocenters. The third-order valence-corrected chi connectivity index (χ3v) is 5.11. The van der Waals surface area contributed by atoms with Crippen molar-refractivity contribution in [1.82, 2.24) is 4.31 Å². The zero-order chi connectivity index (χ0) is 15.8. The lowest BCUT2D eigenvalue weighted by Gasteiger charge is -2.15. The lowest BCUT2D eigenvalue weighted by atomic mass is 10.1. The van der Waals surface area contributed by atoms with Crippen molar-refractivity contribution in [2.75, 3.05) is 13.1 Å². The van der Waals surface area contributed by atoms with E-state index in [2.05, 4.69) is 0 Å². The fourth-order valence-electron chi connectivity index (χ4n) is 2.09. The fourth-order valence-corrected chi connectivity index (χ4v) is 3.61. The number of hydrogen-bond donors (Lipinski definition) is 1. The van der Waals surface area contributed by atoms with Crippen LogP contribution in [0.3, 0.4) is 0 Å². The van der Waals surface area contributed by atoms with E-state index in [9.17, 15) is 27.7 Å². The summed E-state index contributed by atoms with van der Waals surface area (Å²) in [6.07, 6.45) is 0.171. The van der Waals surface area contributed by atoms with E-state index in [-0.39, 0.29) is 19.5 Å². The molecule has 1 aliphatic rings. The van der Waals surface area contributed by atoms with Gasteiger partial charge in [0.25, 0.3) is 0 Å². The first-order valence-electron chi connectivity index (χ1n) is 5.90. The number of hydrogen-bond acceptors (Lipinski definition) is 5. The summed E-state index contributed by atoms with van der Waals surface area (Å²) in [5.74, 6) is -3.15. The number of carboxylic acid groups (broad SMARTS) is 1. The maximum Gasteiger partial charge on any atom is 0.307 e. The van der Waals surface area contributed by atoms with Crippen LogP contribution in [0.2, 0.25) is 0 Å². The average molecular weight is 318 g/mol. The predicted octanol–water partition coefficient (Wildman–Crippen LogP) is 0.829.